The molecule has 4 nitrogen and oxygen atoms in total. The first-order valence-corrected chi connectivity index (χ1v) is 10.9. The van der Waals surface area contributed by atoms with Gasteiger partial charge in [0.05, 0.1) is 0 Å². The summed E-state index contributed by atoms with van der Waals surface area (Å²) < 4.78 is 18.1. The van der Waals surface area contributed by atoms with Crippen molar-refractivity contribution < 1.29 is 9.22 Å². The van der Waals surface area contributed by atoms with Crippen molar-refractivity contribution >= 4 is 19.6 Å². The van der Waals surface area contributed by atoms with Crippen LogP contribution in [-0.2, 0) is 9.22 Å². The van der Waals surface area contributed by atoms with E-state index in [1.165, 1.54) is 0 Å². The van der Waals surface area contributed by atoms with Crippen LogP contribution < -0.4 is 5.73 Å². The molecule has 0 aromatic rings. The zero-order chi connectivity index (χ0) is 10.9. The molecular weight excluding hydrogens is 289 g/mol. The Morgan fingerprint density at radius 2 is 1.36 bits per heavy atom. The summed E-state index contributed by atoms with van der Waals surface area (Å²) >= 11 is -3.17. The molecule has 0 aliphatic carbocycles. The summed E-state index contributed by atoms with van der Waals surface area (Å²) in [7, 11) is 0. The Bertz CT molecular complexity index is 118. The molecule has 0 radical (unpaired) electrons. The first-order chi connectivity index (χ1) is 6.74. The van der Waals surface area contributed by atoms with E-state index >= 15 is 0 Å². The van der Waals surface area contributed by atoms with Crippen molar-refractivity contribution in [2.45, 2.75) is 31.6 Å². The van der Waals surface area contributed by atoms with Gasteiger partial charge in [0.1, 0.15) is 0 Å². The average molecular weight is 312 g/mol. The molecule has 0 spiro atoms. The SMILES string of the molecule is CC[O][Sn]([CH2]CCN)([O]CC)[O]CC. The molecule has 5 heteroatoms. The Morgan fingerprint density at radius 3 is 1.64 bits per heavy atom. The molecule has 14 heavy (non-hydrogen) atoms. The third kappa shape index (κ3) is 5.50. The Morgan fingerprint density at radius 1 is 0.929 bits per heavy atom. The van der Waals surface area contributed by atoms with E-state index in [0.717, 1.165) is 10.9 Å². The van der Waals surface area contributed by atoms with Crippen LogP contribution in [0.15, 0.2) is 0 Å². The Labute approximate surface area is 92.6 Å². The molecule has 86 valence electrons. The normalized spacial score (nSPS) is 12.0. The molecular formula is C9H23NO3Sn. The van der Waals surface area contributed by atoms with E-state index < -0.39 is 19.6 Å². The van der Waals surface area contributed by atoms with Crippen LogP contribution in [0, 0.1) is 0 Å². The quantitative estimate of drug-likeness (QED) is 0.654. The van der Waals surface area contributed by atoms with Crippen LogP contribution >= 0.6 is 0 Å². The molecule has 0 saturated carbocycles. The Balaban J connectivity index is 4.21. The van der Waals surface area contributed by atoms with E-state index in [0.29, 0.717) is 26.4 Å². The number of nitrogens with two attached hydrogens (primary N) is 1. The second-order valence-corrected chi connectivity index (χ2v) is 10.7. The molecule has 0 heterocycles. The fourth-order valence-corrected chi connectivity index (χ4v) is 8.85. The van der Waals surface area contributed by atoms with E-state index in [2.05, 4.69) is 0 Å². The summed E-state index contributed by atoms with van der Waals surface area (Å²) in [5.74, 6) is 0. The molecule has 0 aliphatic rings. The van der Waals surface area contributed by atoms with Gasteiger partial charge in [-0.15, -0.1) is 0 Å². The van der Waals surface area contributed by atoms with Gasteiger partial charge in [0.15, 0.2) is 0 Å². The number of hydrogen-bond acceptors (Lipinski definition) is 4. The van der Waals surface area contributed by atoms with Crippen molar-refractivity contribution in [3.05, 3.63) is 0 Å². The second-order valence-electron chi connectivity index (χ2n) is 2.87. The maximum atomic E-state index is 5.72. The fourth-order valence-electron chi connectivity index (χ4n) is 1.32. The van der Waals surface area contributed by atoms with Gasteiger partial charge in [-0.25, -0.2) is 0 Å². The van der Waals surface area contributed by atoms with Crippen LogP contribution in [0.1, 0.15) is 27.2 Å². The van der Waals surface area contributed by atoms with Gasteiger partial charge in [0.2, 0.25) is 0 Å². The molecule has 0 bridgehead atoms. The Kier molecular flexibility index (Phi) is 9.31. The monoisotopic (exact) mass is 313 g/mol. The van der Waals surface area contributed by atoms with Gasteiger partial charge in [-0.2, -0.15) is 0 Å². The van der Waals surface area contributed by atoms with Gasteiger partial charge in [-0.1, -0.05) is 0 Å². The molecule has 2 N–H and O–H groups in total. The van der Waals surface area contributed by atoms with E-state index in [-0.39, 0.29) is 0 Å². The van der Waals surface area contributed by atoms with Gasteiger partial charge in [-0.3, -0.25) is 0 Å². The first kappa shape index (κ1) is 14.6. The van der Waals surface area contributed by atoms with Crippen LogP contribution in [0.2, 0.25) is 4.44 Å². The van der Waals surface area contributed by atoms with Gasteiger partial charge in [0, 0.05) is 0 Å². The second kappa shape index (κ2) is 8.91. The zero-order valence-corrected chi connectivity index (χ0v) is 12.4. The maximum absolute atomic E-state index is 5.72. The summed E-state index contributed by atoms with van der Waals surface area (Å²) in [4.78, 5) is 0. The van der Waals surface area contributed by atoms with E-state index in [9.17, 15) is 0 Å². The molecule has 0 fully saturated rings. The topological polar surface area (TPSA) is 53.7 Å². The zero-order valence-electron chi connectivity index (χ0n) is 9.54. The molecule has 0 rings (SSSR count). The standard InChI is InChI=1S/C3H8N.3C2H5O.Sn/c1-2-3-4;3*1-2-3;/h1-4H2;3*2H2,1H3;/q;3*-1;+3. The van der Waals surface area contributed by atoms with Crippen molar-refractivity contribution in [3.63, 3.8) is 0 Å². The summed E-state index contributed by atoms with van der Waals surface area (Å²) in [6.45, 7) is 8.61. The summed E-state index contributed by atoms with van der Waals surface area (Å²) in [5.41, 5.74) is 5.49. The summed E-state index contributed by atoms with van der Waals surface area (Å²) in [6, 6.07) is 0. The van der Waals surface area contributed by atoms with Crippen LogP contribution in [0.3, 0.4) is 0 Å². The van der Waals surface area contributed by atoms with Crippen molar-refractivity contribution in [1.82, 2.24) is 0 Å². The predicted octanol–water partition coefficient (Wildman–Crippen LogP) is 1.38. The van der Waals surface area contributed by atoms with E-state index in [1.54, 1.807) is 0 Å². The third-order valence-electron chi connectivity index (χ3n) is 1.78. The molecule has 0 atom stereocenters. The van der Waals surface area contributed by atoms with Crippen molar-refractivity contribution in [2.24, 2.45) is 5.73 Å². The van der Waals surface area contributed by atoms with Crippen LogP contribution in [-0.4, -0.2) is 46.0 Å². The van der Waals surface area contributed by atoms with E-state index in [1.807, 2.05) is 20.8 Å². The minimum atomic E-state index is -3.17. The van der Waals surface area contributed by atoms with Gasteiger partial charge in [0.25, 0.3) is 0 Å². The van der Waals surface area contributed by atoms with Gasteiger partial charge in [-0.05, 0) is 0 Å². The number of rotatable bonds is 9. The minimum absolute atomic E-state index is 0.667. The molecule has 0 unspecified atom stereocenters. The van der Waals surface area contributed by atoms with Crippen LogP contribution in [0.5, 0.6) is 0 Å². The van der Waals surface area contributed by atoms with Gasteiger partial charge < -0.3 is 0 Å². The van der Waals surface area contributed by atoms with Crippen molar-refractivity contribution in [3.8, 4) is 0 Å². The predicted molar refractivity (Wildman–Crippen MR) is 59.1 cm³/mol. The summed E-state index contributed by atoms with van der Waals surface area (Å²) in [6.07, 6.45) is 0.927. The molecule has 0 aliphatic heterocycles. The molecule has 0 saturated heterocycles. The summed E-state index contributed by atoms with van der Waals surface area (Å²) in [5, 5.41) is 0. The fraction of sp³-hybridized carbons (Fsp3) is 1.00. The first-order valence-electron chi connectivity index (χ1n) is 5.36. The van der Waals surface area contributed by atoms with Crippen LogP contribution in [0.25, 0.3) is 0 Å². The third-order valence-corrected chi connectivity index (χ3v) is 10.8. The molecule has 0 aromatic carbocycles. The Hall–Kier alpha value is 0.639. The van der Waals surface area contributed by atoms with Crippen molar-refractivity contribution in [2.75, 3.05) is 26.4 Å². The van der Waals surface area contributed by atoms with Crippen LogP contribution in [0.4, 0.5) is 0 Å². The number of hydrogen-bond donors (Lipinski definition) is 1. The van der Waals surface area contributed by atoms with E-state index in [4.69, 9.17) is 15.0 Å². The van der Waals surface area contributed by atoms with Crippen molar-refractivity contribution in [1.29, 1.82) is 0 Å². The average Bonchev–Trinajstić information content (AvgIpc) is 2.16. The molecule has 0 aromatic heterocycles. The van der Waals surface area contributed by atoms with Gasteiger partial charge >= 0.3 is 92.6 Å². The molecule has 0 amide bonds.